The number of hydrogen-bond acceptors (Lipinski definition) is 5. The Bertz CT molecular complexity index is 508. The van der Waals surface area contributed by atoms with E-state index in [9.17, 15) is 9.59 Å². The summed E-state index contributed by atoms with van der Waals surface area (Å²) in [6.07, 6.45) is 0.580. The van der Waals surface area contributed by atoms with E-state index in [1.54, 1.807) is 6.07 Å². The summed E-state index contributed by atoms with van der Waals surface area (Å²) in [5.74, 6) is -0.818. The molecule has 1 aliphatic heterocycles. The standard InChI is InChI=1S/C13H15NO4/c1-7(2)10-9(12(15)17-3)6-8-4-5-18-13(16)11(8)14-10/h6-7H,4-5H2,1-3H3. The van der Waals surface area contributed by atoms with Gasteiger partial charge in [-0.15, -0.1) is 0 Å². The summed E-state index contributed by atoms with van der Waals surface area (Å²) in [6, 6.07) is 1.70. The van der Waals surface area contributed by atoms with Gasteiger partial charge in [0.1, 0.15) is 0 Å². The first-order valence-corrected chi connectivity index (χ1v) is 5.83. The predicted molar refractivity (Wildman–Crippen MR) is 63.7 cm³/mol. The molecule has 0 spiro atoms. The lowest BCUT2D eigenvalue weighted by molar-refractivity contribution is 0.0468. The molecule has 0 fully saturated rings. The first-order chi connectivity index (χ1) is 8.54. The number of nitrogens with zero attached hydrogens (tertiary/aromatic N) is 1. The van der Waals surface area contributed by atoms with E-state index in [2.05, 4.69) is 4.98 Å². The van der Waals surface area contributed by atoms with E-state index in [1.165, 1.54) is 7.11 Å². The van der Waals surface area contributed by atoms with Crippen molar-refractivity contribution in [2.24, 2.45) is 0 Å². The van der Waals surface area contributed by atoms with Crippen LogP contribution >= 0.6 is 0 Å². The molecule has 1 aliphatic rings. The third kappa shape index (κ3) is 2.08. The van der Waals surface area contributed by atoms with Crippen LogP contribution in [0.15, 0.2) is 6.07 Å². The minimum absolute atomic E-state index is 0.0270. The largest absolute Gasteiger partial charge is 0.465 e. The molecule has 0 aliphatic carbocycles. The molecule has 0 radical (unpaired) electrons. The summed E-state index contributed by atoms with van der Waals surface area (Å²) in [5, 5.41) is 0. The Balaban J connectivity index is 2.60. The van der Waals surface area contributed by atoms with E-state index >= 15 is 0 Å². The van der Waals surface area contributed by atoms with Crippen molar-refractivity contribution in [3.63, 3.8) is 0 Å². The molecule has 0 atom stereocenters. The van der Waals surface area contributed by atoms with Crippen molar-refractivity contribution in [2.45, 2.75) is 26.2 Å². The molecule has 2 rings (SSSR count). The Morgan fingerprint density at radius 2 is 2.22 bits per heavy atom. The smallest absolute Gasteiger partial charge is 0.357 e. The van der Waals surface area contributed by atoms with Crippen LogP contribution in [0.2, 0.25) is 0 Å². The number of carbonyl (C=O) groups is 2. The molecular formula is C13H15NO4. The predicted octanol–water partition coefficient (Wildman–Crippen LogP) is 1.70. The summed E-state index contributed by atoms with van der Waals surface area (Å²) in [4.78, 5) is 27.6. The molecule has 0 N–H and O–H groups in total. The van der Waals surface area contributed by atoms with Gasteiger partial charge in [-0.25, -0.2) is 14.6 Å². The van der Waals surface area contributed by atoms with Gasteiger partial charge in [0.25, 0.3) is 0 Å². The van der Waals surface area contributed by atoms with Gasteiger partial charge < -0.3 is 9.47 Å². The summed E-state index contributed by atoms with van der Waals surface area (Å²) in [5.41, 5.74) is 2.06. The highest BCUT2D eigenvalue weighted by Gasteiger charge is 2.26. The van der Waals surface area contributed by atoms with Gasteiger partial charge in [-0.2, -0.15) is 0 Å². The van der Waals surface area contributed by atoms with Gasteiger partial charge in [0.2, 0.25) is 0 Å². The van der Waals surface area contributed by atoms with Crippen molar-refractivity contribution >= 4 is 11.9 Å². The van der Waals surface area contributed by atoms with Crippen LogP contribution in [0.4, 0.5) is 0 Å². The molecule has 1 aromatic rings. The van der Waals surface area contributed by atoms with Gasteiger partial charge in [0, 0.05) is 6.42 Å². The topological polar surface area (TPSA) is 65.5 Å². The summed E-state index contributed by atoms with van der Waals surface area (Å²) in [6.45, 7) is 4.15. The van der Waals surface area contributed by atoms with Crippen molar-refractivity contribution < 1.29 is 19.1 Å². The van der Waals surface area contributed by atoms with Crippen LogP contribution < -0.4 is 0 Å². The third-order valence-electron chi connectivity index (χ3n) is 2.88. The van der Waals surface area contributed by atoms with Crippen molar-refractivity contribution in [3.8, 4) is 0 Å². The zero-order valence-electron chi connectivity index (χ0n) is 10.6. The Morgan fingerprint density at radius 1 is 1.50 bits per heavy atom. The lowest BCUT2D eigenvalue weighted by Gasteiger charge is -2.18. The highest BCUT2D eigenvalue weighted by atomic mass is 16.5. The second-order valence-corrected chi connectivity index (χ2v) is 4.46. The van der Waals surface area contributed by atoms with Crippen LogP contribution in [0.25, 0.3) is 0 Å². The summed E-state index contributed by atoms with van der Waals surface area (Å²) < 4.78 is 9.70. The quantitative estimate of drug-likeness (QED) is 0.746. The second kappa shape index (κ2) is 4.76. The average Bonchev–Trinajstić information content (AvgIpc) is 2.36. The number of fused-ring (bicyclic) bond motifs is 1. The molecule has 96 valence electrons. The van der Waals surface area contributed by atoms with E-state index in [1.807, 2.05) is 13.8 Å². The van der Waals surface area contributed by atoms with Gasteiger partial charge in [0.05, 0.1) is 25.0 Å². The molecular weight excluding hydrogens is 234 g/mol. The fourth-order valence-corrected chi connectivity index (χ4v) is 1.97. The van der Waals surface area contributed by atoms with Crippen molar-refractivity contribution in [2.75, 3.05) is 13.7 Å². The molecule has 2 heterocycles. The van der Waals surface area contributed by atoms with Crippen LogP contribution in [-0.4, -0.2) is 30.6 Å². The van der Waals surface area contributed by atoms with Gasteiger partial charge in [-0.05, 0) is 17.5 Å². The first-order valence-electron chi connectivity index (χ1n) is 5.83. The van der Waals surface area contributed by atoms with Gasteiger partial charge in [-0.1, -0.05) is 13.8 Å². The Labute approximate surface area is 105 Å². The molecule has 5 nitrogen and oxygen atoms in total. The van der Waals surface area contributed by atoms with Gasteiger partial charge >= 0.3 is 11.9 Å². The fourth-order valence-electron chi connectivity index (χ4n) is 1.97. The maximum Gasteiger partial charge on any atom is 0.357 e. The van der Waals surface area contributed by atoms with Crippen molar-refractivity contribution in [1.82, 2.24) is 4.98 Å². The summed E-state index contributed by atoms with van der Waals surface area (Å²) >= 11 is 0. The Morgan fingerprint density at radius 3 is 2.83 bits per heavy atom. The highest BCUT2D eigenvalue weighted by Crippen LogP contribution is 2.24. The maximum atomic E-state index is 11.7. The lowest BCUT2D eigenvalue weighted by Crippen LogP contribution is -2.22. The second-order valence-electron chi connectivity index (χ2n) is 4.46. The molecule has 0 saturated carbocycles. The molecule has 0 saturated heterocycles. The third-order valence-corrected chi connectivity index (χ3v) is 2.88. The number of aromatic nitrogens is 1. The average molecular weight is 249 g/mol. The molecule has 0 aromatic carbocycles. The van der Waals surface area contributed by atoms with E-state index < -0.39 is 11.9 Å². The van der Waals surface area contributed by atoms with Crippen LogP contribution in [0.3, 0.4) is 0 Å². The zero-order valence-corrected chi connectivity index (χ0v) is 10.6. The van der Waals surface area contributed by atoms with Gasteiger partial charge in [0.15, 0.2) is 5.69 Å². The van der Waals surface area contributed by atoms with E-state index in [4.69, 9.17) is 9.47 Å². The monoisotopic (exact) mass is 249 g/mol. The molecule has 1 aromatic heterocycles. The highest BCUT2D eigenvalue weighted by molar-refractivity contribution is 5.94. The van der Waals surface area contributed by atoms with E-state index in [0.29, 0.717) is 30.0 Å². The normalized spacial score (nSPS) is 14.1. The Kier molecular flexibility index (Phi) is 3.32. The number of carbonyl (C=O) groups excluding carboxylic acids is 2. The van der Waals surface area contributed by atoms with Crippen LogP contribution in [-0.2, 0) is 15.9 Å². The van der Waals surface area contributed by atoms with Crippen molar-refractivity contribution in [1.29, 1.82) is 0 Å². The SMILES string of the molecule is COC(=O)c1cc2c(nc1C(C)C)C(=O)OCC2. The lowest BCUT2D eigenvalue weighted by atomic mass is 9.98. The molecule has 5 heteroatoms. The first kappa shape index (κ1) is 12.5. The maximum absolute atomic E-state index is 11.7. The number of cyclic esters (lactones) is 1. The number of methoxy groups -OCH3 is 1. The number of ether oxygens (including phenoxy) is 2. The summed E-state index contributed by atoms with van der Waals surface area (Å²) in [7, 11) is 1.33. The Hall–Kier alpha value is -1.91. The van der Waals surface area contributed by atoms with E-state index in [0.717, 1.165) is 5.56 Å². The fraction of sp³-hybridized carbons (Fsp3) is 0.462. The molecule has 0 amide bonds. The molecule has 0 bridgehead atoms. The van der Waals surface area contributed by atoms with Crippen LogP contribution in [0.5, 0.6) is 0 Å². The van der Waals surface area contributed by atoms with E-state index in [-0.39, 0.29) is 5.92 Å². The molecule has 0 unspecified atom stereocenters. The van der Waals surface area contributed by atoms with Crippen molar-refractivity contribution in [3.05, 3.63) is 28.6 Å². The number of rotatable bonds is 2. The minimum atomic E-state index is -0.423. The number of hydrogen-bond donors (Lipinski definition) is 0. The zero-order chi connectivity index (χ0) is 13.3. The van der Waals surface area contributed by atoms with Crippen LogP contribution in [0, 0.1) is 0 Å². The van der Waals surface area contributed by atoms with Gasteiger partial charge in [-0.3, -0.25) is 0 Å². The molecule has 18 heavy (non-hydrogen) atoms. The number of esters is 2. The van der Waals surface area contributed by atoms with Crippen LogP contribution in [0.1, 0.15) is 51.9 Å². The minimum Gasteiger partial charge on any atom is -0.465 e. The number of pyridine rings is 1.